The van der Waals surface area contributed by atoms with Gasteiger partial charge in [0.2, 0.25) is 5.95 Å². The standard InChI is InChI=1S/C12H12Cl2N4O/c1-19-5-9-10(11(15)18-12(16)17-9)6-2-3-7(13)8(14)4-6/h2-4H,5H2,1H3,(H4,15,16,17,18). The number of anilines is 2. The Bertz CT molecular complexity index is 619. The maximum absolute atomic E-state index is 6.01. The molecular formula is C12H12Cl2N4O. The molecule has 100 valence electrons. The van der Waals surface area contributed by atoms with Crippen LogP contribution in [-0.2, 0) is 11.3 Å². The molecule has 19 heavy (non-hydrogen) atoms. The zero-order valence-corrected chi connectivity index (χ0v) is 11.7. The van der Waals surface area contributed by atoms with E-state index in [2.05, 4.69) is 9.97 Å². The average molecular weight is 299 g/mol. The summed E-state index contributed by atoms with van der Waals surface area (Å²) < 4.78 is 5.09. The van der Waals surface area contributed by atoms with Crippen LogP contribution in [0, 0.1) is 0 Å². The fourth-order valence-corrected chi connectivity index (χ4v) is 2.05. The molecule has 0 saturated heterocycles. The highest BCUT2D eigenvalue weighted by atomic mass is 35.5. The lowest BCUT2D eigenvalue weighted by Gasteiger charge is -2.12. The predicted molar refractivity (Wildman–Crippen MR) is 77.0 cm³/mol. The van der Waals surface area contributed by atoms with Crippen molar-refractivity contribution in [2.45, 2.75) is 6.61 Å². The van der Waals surface area contributed by atoms with Crippen LogP contribution in [0.2, 0.25) is 10.0 Å². The number of hydrogen-bond donors (Lipinski definition) is 2. The van der Waals surface area contributed by atoms with E-state index in [0.717, 1.165) is 5.56 Å². The Balaban J connectivity index is 2.62. The van der Waals surface area contributed by atoms with Crippen molar-refractivity contribution in [1.29, 1.82) is 0 Å². The van der Waals surface area contributed by atoms with Crippen molar-refractivity contribution in [3.63, 3.8) is 0 Å². The average Bonchev–Trinajstić information content (AvgIpc) is 2.33. The van der Waals surface area contributed by atoms with Crippen molar-refractivity contribution < 1.29 is 4.74 Å². The molecule has 0 fully saturated rings. The van der Waals surface area contributed by atoms with Crippen LogP contribution >= 0.6 is 23.2 Å². The monoisotopic (exact) mass is 298 g/mol. The van der Waals surface area contributed by atoms with Gasteiger partial charge in [0.15, 0.2) is 0 Å². The Kier molecular flexibility index (Phi) is 4.09. The molecule has 4 N–H and O–H groups in total. The molecular weight excluding hydrogens is 287 g/mol. The van der Waals surface area contributed by atoms with Gasteiger partial charge in [0, 0.05) is 12.7 Å². The number of nitrogens with two attached hydrogens (primary N) is 2. The van der Waals surface area contributed by atoms with E-state index in [0.29, 0.717) is 21.3 Å². The highest BCUT2D eigenvalue weighted by Crippen LogP contribution is 2.33. The summed E-state index contributed by atoms with van der Waals surface area (Å²) in [6.45, 7) is 0.270. The first-order valence-electron chi connectivity index (χ1n) is 5.39. The van der Waals surface area contributed by atoms with Gasteiger partial charge in [0.1, 0.15) is 5.82 Å². The van der Waals surface area contributed by atoms with Crippen molar-refractivity contribution in [3.05, 3.63) is 33.9 Å². The summed E-state index contributed by atoms with van der Waals surface area (Å²) in [6.07, 6.45) is 0. The van der Waals surface area contributed by atoms with E-state index < -0.39 is 0 Å². The maximum Gasteiger partial charge on any atom is 0.222 e. The summed E-state index contributed by atoms with van der Waals surface area (Å²) in [6, 6.07) is 5.18. The van der Waals surface area contributed by atoms with Gasteiger partial charge >= 0.3 is 0 Å². The van der Waals surface area contributed by atoms with Crippen LogP contribution in [0.3, 0.4) is 0 Å². The SMILES string of the molecule is COCc1nc(N)nc(N)c1-c1ccc(Cl)c(Cl)c1. The van der Waals surface area contributed by atoms with Gasteiger partial charge in [-0.2, -0.15) is 4.98 Å². The lowest BCUT2D eigenvalue weighted by molar-refractivity contribution is 0.182. The quantitative estimate of drug-likeness (QED) is 0.910. The molecule has 0 aliphatic heterocycles. The molecule has 2 aromatic rings. The molecule has 2 rings (SSSR count). The van der Waals surface area contributed by atoms with Gasteiger partial charge in [-0.05, 0) is 17.7 Å². The highest BCUT2D eigenvalue weighted by molar-refractivity contribution is 6.42. The Hall–Kier alpha value is -1.56. The third kappa shape index (κ3) is 2.89. The van der Waals surface area contributed by atoms with E-state index in [1.54, 1.807) is 25.3 Å². The second-order valence-electron chi connectivity index (χ2n) is 3.85. The van der Waals surface area contributed by atoms with Gasteiger partial charge in [-0.15, -0.1) is 0 Å². The third-order valence-electron chi connectivity index (χ3n) is 2.52. The first kappa shape index (κ1) is 13.9. The topological polar surface area (TPSA) is 87.0 Å². The van der Waals surface area contributed by atoms with Gasteiger partial charge in [-0.25, -0.2) is 4.98 Å². The van der Waals surface area contributed by atoms with Crippen LogP contribution in [0.4, 0.5) is 11.8 Å². The predicted octanol–water partition coefficient (Wildman–Crippen LogP) is 2.76. The van der Waals surface area contributed by atoms with E-state index in [4.69, 9.17) is 39.4 Å². The first-order valence-corrected chi connectivity index (χ1v) is 6.14. The molecule has 1 heterocycles. The maximum atomic E-state index is 6.01. The lowest BCUT2D eigenvalue weighted by atomic mass is 10.0. The second kappa shape index (κ2) is 5.61. The molecule has 0 bridgehead atoms. The molecule has 7 heteroatoms. The molecule has 5 nitrogen and oxygen atoms in total. The molecule has 0 amide bonds. The number of rotatable bonds is 3. The number of aromatic nitrogens is 2. The van der Waals surface area contributed by atoms with Gasteiger partial charge in [-0.1, -0.05) is 29.3 Å². The third-order valence-corrected chi connectivity index (χ3v) is 3.26. The van der Waals surface area contributed by atoms with E-state index in [1.165, 1.54) is 0 Å². The summed E-state index contributed by atoms with van der Waals surface area (Å²) in [7, 11) is 1.56. The van der Waals surface area contributed by atoms with Crippen LogP contribution in [0.25, 0.3) is 11.1 Å². The van der Waals surface area contributed by atoms with Crippen LogP contribution in [0.1, 0.15) is 5.69 Å². The summed E-state index contributed by atoms with van der Waals surface area (Å²) >= 11 is 11.9. The molecule has 0 radical (unpaired) electrons. The number of nitrogen functional groups attached to an aromatic ring is 2. The van der Waals surface area contributed by atoms with Gasteiger partial charge in [0.05, 0.1) is 22.3 Å². The van der Waals surface area contributed by atoms with Crippen molar-refractivity contribution in [2.24, 2.45) is 0 Å². The molecule has 0 saturated carbocycles. The van der Waals surface area contributed by atoms with Crippen molar-refractivity contribution in [3.8, 4) is 11.1 Å². The number of nitrogens with zero attached hydrogens (tertiary/aromatic N) is 2. The Morgan fingerprint density at radius 3 is 2.53 bits per heavy atom. The van der Waals surface area contributed by atoms with Crippen LogP contribution in [0.5, 0.6) is 0 Å². The molecule has 1 aromatic carbocycles. The van der Waals surface area contributed by atoms with Crippen molar-refractivity contribution in [2.75, 3.05) is 18.6 Å². The Morgan fingerprint density at radius 1 is 1.16 bits per heavy atom. The number of benzene rings is 1. The minimum Gasteiger partial charge on any atom is -0.383 e. The molecule has 0 atom stereocenters. The van der Waals surface area contributed by atoms with E-state index >= 15 is 0 Å². The largest absolute Gasteiger partial charge is 0.383 e. The number of methoxy groups -OCH3 is 1. The minimum absolute atomic E-state index is 0.105. The fraction of sp³-hybridized carbons (Fsp3) is 0.167. The number of ether oxygens (including phenoxy) is 1. The molecule has 0 aliphatic rings. The first-order chi connectivity index (χ1) is 9.02. The second-order valence-corrected chi connectivity index (χ2v) is 4.67. The fourth-order valence-electron chi connectivity index (χ4n) is 1.75. The lowest BCUT2D eigenvalue weighted by Crippen LogP contribution is -2.07. The normalized spacial score (nSPS) is 10.7. The summed E-state index contributed by atoms with van der Waals surface area (Å²) in [5.74, 6) is 0.381. The zero-order chi connectivity index (χ0) is 14.0. The van der Waals surface area contributed by atoms with Gasteiger partial charge in [-0.3, -0.25) is 0 Å². The van der Waals surface area contributed by atoms with E-state index in [-0.39, 0.29) is 18.4 Å². The summed E-state index contributed by atoms with van der Waals surface area (Å²) in [5, 5.41) is 0.896. The zero-order valence-electron chi connectivity index (χ0n) is 10.2. The number of hydrogen-bond acceptors (Lipinski definition) is 5. The molecule has 0 spiro atoms. The van der Waals surface area contributed by atoms with E-state index in [1.807, 2.05) is 0 Å². The summed E-state index contributed by atoms with van der Waals surface area (Å²) in [4.78, 5) is 8.10. The van der Waals surface area contributed by atoms with E-state index in [9.17, 15) is 0 Å². The van der Waals surface area contributed by atoms with Crippen molar-refractivity contribution in [1.82, 2.24) is 9.97 Å². The highest BCUT2D eigenvalue weighted by Gasteiger charge is 2.14. The van der Waals surface area contributed by atoms with Gasteiger partial charge < -0.3 is 16.2 Å². The molecule has 0 unspecified atom stereocenters. The van der Waals surface area contributed by atoms with Crippen LogP contribution < -0.4 is 11.5 Å². The Labute approximate surface area is 120 Å². The minimum atomic E-state index is 0.105. The Morgan fingerprint density at radius 2 is 1.89 bits per heavy atom. The molecule has 1 aromatic heterocycles. The summed E-state index contributed by atoms with van der Waals surface area (Å²) in [5.41, 5.74) is 13.5. The van der Waals surface area contributed by atoms with Crippen molar-refractivity contribution >= 4 is 35.0 Å². The molecule has 0 aliphatic carbocycles. The van der Waals surface area contributed by atoms with Crippen LogP contribution in [0.15, 0.2) is 18.2 Å². The smallest absolute Gasteiger partial charge is 0.222 e. The van der Waals surface area contributed by atoms with Gasteiger partial charge in [0.25, 0.3) is 0 Å². The van der Waals surface area contributed by atoms with Crippen LogP contribution in [-0.4, -0.2) is 17.1 Å². The number of halogens is 2.